The Morgan fingerprint density at radius 3 is 2.39 bits per heavy atom. The minimum Gasteiger partial charge on any atom is -0.366 e. The zero-order valence-electron chi connectivity index (χ0n) is 17.7. The monoisotopic (exact) mass is 479 g/mol. The van der Waals surface area contributed by atoms with Gasteiger partial charge in [0.15, 0.2) is 0 Å². The third-order valence-corrected chi connectivity index (χ3v) is 6.27. The van der Waals surface area contributed by atoms with E-state index in [2.05, 4.69) is 53.0 Å². The molecule has 0 aliphatic carbocycles. The summed E-state index contributed by atoms with van der Waals surface area (Å²) in [5, 5.41) is 2.26. The Kier molecular flexibility index (Phi) is 5.09. The van der Waals surface area contributed by atoms with Crippen LogP contribution in [0.5, 0.6) is 0 Å². The number of nitrogens with zero attached hydrogens (tertiary/aromatic N) is 2. The SMILES string of the molecule is CC1=CC(C)(C)N(C)c2ccc(/C=C3\C(=O)NC(=O)N(c4ccc(Br)cc4)C3=O)cc21. The molecular formula is C24H22BrN3O3. The van der Waals surface area contributed by atoms with Gasteiger partial charge in [-0.15, -0.1) is 0 Å². The molecule has 2 aliphatic rings. The van der Waals surface area contributed by atoms with E-state index in [0.29, 0.717) is 11.3 Å². The van der Waals surface area contributed by atoms with Crippen LogP contribution < -0.4 is 15.1 Å². The summed E-state index contributed by atoms with van der Waals surface area (Å²) in [6.45, 7) is 6.35. The van der Waals surface area contributed by atoms with Crippen LogP contribution in [0.25, 0.3) is 11.6 Å². The number of benzene rings is 2. The number of imide groups is 2. The first kappa shape index (κ1) is 21.1. The molecule has 6 nitrogen and oxygen atoms in total. The van der Waals surface area contributed by atoms with Crippen molar-refractivity contribution in [2.75, 3.05) is 16.8 Å². The van der Waals surface area contributed by atoms with Crippen LogP contribution in [0.15, 0.2) is 58.6 Å². The van der Waals surface area contributed by atoms with Crippen LogP contribution in [-0.2, 0) is 9.59 Å². The average molecular weight is 480 g/mol. The van der Waals surface area contributed by atoms with Crippen molar-refractivity contribution < 1.29 is 14.4 Å². The van der Waals surface area contributed by atoms with Crippen molar-refractivity contribution in [2.45, 2.75) is 26.3 Å². The maximum absolute atomic E-state index is 13.1. The fourth-order valence-corrected chi connectivity index (χ4v) is 4.18. The second-order valence-electron chi connectivity index (χ2n) is 8.25. The molecule has 0 unspecified atom stereocenters. The van der Waals surface area contributed by atoms with Crippen molar-refractivity contribution in [3.05, 3.63) is 69.7 Å². The zero-order chi connectivity index (χ0) is 22.5. The lowest BCUT2D eigenvalue weighted by atomic mass is 9.88. The summed E-state index contributed by atoms with van der Waals surface area (Å²) in [5.74, 6) is -1.36. The zero-order valence-corrected chi connectivity index (χ0v) is 19.3. The molecule has 2 aromatic rings. The first-order valence-corrected chi connectivity index (χ1v) is 10.6. The number of halogens is 1. The highest BCUT2D eigenvalue weighted by molar-refractivity contribution is 9.10. The second-order valence-corrected chi connectivity index (χ2v) is 9.17. The van der Waals surface area contributed by atoms with E-state index >= 15 is 0 Å². The molecule has 0 spiro atoms. The molecule has 2 heterocycles. The van der Waals surface area contributed by atoms with Gasteiger partial charge >= 0.3 is 6.03 Å². The Labute approximate surface area is 189 Å². The molecule has 0 atom stereocenters. The number of hydrogen-bond donors (Lipinski definition) is 1. The van der Waals surface area contributed by atoms with Crippen LogP contribution in [0.1, 0.15) is 31.9 Å². The van der Waals surface area contributed by atoms with Crippen LogP contribution in [-0.4, -0.2) is 30.4 Å². The predicted molar refractivity (Wildman–Crippen MR) is 126 cm³/mol. The standard InChI is InChI=1S/C24H22BrN3O3/c1-14-13-24(2,3)27(4)20-10-5-15(11-18(14)20)12-19-21(29)26-23(31)28(22(19)30)17-8-6-16(25)7-9-17/h5-13H,1-4H3,(H,26,29,31)/b19-12+. The number of rotatable bonds is 2. The van der Waals surface area contributed by atoms with E-state index in [0.717, 1.165) is 26.2 Å². The second kappa shape index (κ2) is 7.50. The van der Waals surface area contributed by atoms with Gasteiger partial charge in [-0.2, -0.15) is 0 Å². The number of likely N-dealkylation sites (N-methyl/N-ethyl adjacent to an activating group) is 1. The van der Waals surface area contributed by atoms with E-state index in [-0.39, 0.29) is 11.1 Å². The van der Waals surface area contributed by atoms with Crippen molar-refractivity contribution >= 4 is 56.8 Å². The lowest BCUT2D eigenvalue weighted by Gasteiger charge is -2.40. The van der Waals surface area contributed by atoms with Gasteiger partial charge in [0, 0.05) is 22.8 Å². The molecular weight excluding hydrogens is 458 g/mol. The Morgan fingerprint density at radius 1 is 1.03 bits per heavy atom. The van der Waals surface area contributed by atoms with Gasteiger partial charge in [0.25, 0.3) is 11.8 Å². The average Bonchev–Trinajstić information content (AvgIpc) is 2.70. The van der Waals surface area contributed by atoms with Gasteiger partial charge in [0.1, 0.15) is 5.57 Å². The normalized spacial score (nSPS) is 19.3. The molecule has 2 aliphatic heterocycles. The van der Waals surface area contributed by atoms with Gasteiger partial charge < -0.3 is 4.90 Å². The molecule has 2 aromatic carbocycles. The molecule has 4 amide bonds. The quantitative estimate of drug-likeness (QED) is 0.498. The van der Waals surface area contributed by atoms with Gasteiger partial charge in [0.2, 0.25) is 0 Å². The minimum atomic E-state index is -0.762. The van der Waals surface area contributed by atoms with Gasteiger partial charge in [0.05, 0.1) is 11.2 Å². The summed E-state index contributed by atoms with van der Waals surface area (Å²) in [7, 11) is 2.04. The molecule has 158 valence electrons. The number of allylic oxidation sites excluding steroid dienone is 1. The highest BCUT2D eigenvalue weighted by Crippen LogP contribution is 2.38. The summed E-state index contributed by atoms with van der Waals surface area (Å²) in [6.07, 6.45) is 3.72. The topological polar surface area (TPSA) is 69.7 Å². The first-order chi connectivity index (χ1) is 14.6. The predicted octanol–water partition coefficient (Wildman–Crippen LogP) is 4.75. The summed E-state index contributed by atoms with van der Waals surface area (Å²) in [4.78, 5) is 41.1. The van der Waals surface area contributed by atoms with Crippen molar-refractivity contribution in [3.63, 3.8) is 0 Å². The molecule has 0 bridgehead atoms. The van der Waals surface area contributed by atoms with Crippen LogP contribution in [0.2, 0.25) is 0 Å². The molecule has 31 heavy (non-hydrogen) atoms. The first-order valence-electron chi connectivity index (χ1n) is 9.83. The molecule has 1 fully saturated rings. The van der Waals surface area contributed by atoms with E-state index in [1.165, 1.54) is 6.08 Å². The van der Waals surface area contributed by atoms with Crippen LogP contribution >= 0.6 is 15.9 Å². The number of barbiturate groups is 1. The van der Waals surface area contributed by atoms with Crippen LogP contribution in [0.3, 0.4) is 0 Å². The fraction of sp³-hybridized carbons (Fsp3) is 0.208. The van der Waals surface area contributed by atoms with E-state index in [4.69, 9.17) is 0 Å². The van der Waals surface area contributed by atoms with Crippen LogP contribution in [0.4, 0.5) is 16.2 Å². The molecule has 0 saturated carbocycles. The molecule has 1 saturated heterocycles. The molecule has 0 aromatic heterocycles. The third-order valence-electron chi connectivity index (χ3n) is 5.74. The lowest BCUT2D eigenvalue weighted by molar-refractivity contribution is -0.122. The van der Waals surface area contributed by atoms with Crippen molar-refractivity contribution in [3.8, 4) is 0 Å². The number of anilines is 2. The number of nitrogens with one attached hydrogen (secondary N) is 1. The Morgan fingerprint density at radius 2 is 1.71 bits per heavy atom. The molecule has 4 rings (SSSR count). The lowest BCUT2D eigenvalue weighted by Crippen LogP contribution is -2.54. The molecule has 1 N–H and O–H groups in total. The molecule has 7 heteroatoms. The van der Waals surface area contributed by atoms with E-state index < -0.39 is 17.8 Å². The van der Waals surface area contributed by atoms with E-state index in [1.54, 1.807) is 24.3 Å². The molecule has 0 radical (unpaired) electrons. The summed E-state index contributed by atoms with van der Waals surface area (Å²) < 4.78 is 0.818. The number of amides is 4. The number of carbonyl (C=O) groups is 3. The number of hydrogen-bond acceptors (Lipinski definition) is 4. The number of carbonyl (C=O) groups excluding carboxylic acids is 3. The highest BCUT2D eigenvalue weighted by Gasteiger charge is 2.37. The summed E-state index contributed by atoms with van der Waals surface area (Å²) in [5.41, 5.74) is 4.15. The Hall–Kier alpha value is -3.19. The van der Waals surface area contributed by atoms with Gasteiger partial charge in [-0.05, 0) is 74.4 Å². The fourth-order valence-electron chi connectivity index (χ4n) is 3.92. The van der Waals surface area contributed by atoms with Gasteiger partial charge in [-0.1, -0.05) is 28.1 Å². The van der Waals surface area contributed by atoms with Crippen molar-refractivity contribution in [1.82, 2.24) is 5.32 Å². The maximum atomic E-state index is 13.1. The van der Waals surface area contributed by atoms with Gasteiger partial charge in [-0.3, -0.25) is 14.9 Å². The highest BCUT2D eigenvalue weighted by atomic mass is 79.9. The van der Waals surface area contributed by atoms with Crippen molar-refractivity contribution in [2.24, 2.45) is 0 Å². The Bertz CT molecular complexity index is 1180. The summed E-state index contributed by atoms with van der Waals surface area (Å²) in [6, 6.07) is 11.8. The van der Waals surface area contributed by atoms with E-state index in [9.17, 15) is 14.4 Å². The number of urea groups is 1. The minimum absolute atomic E-state index is 0.0893. The third kappa shape index (κ3) is 3.70. The number of fused-ring (bicyclic) bond motifs is 1. The van der Waals surface area contributed by atoms with Crippen LogP contribution in [0, 0.1) is 0 Å². The summed E-state index contributed by atoms with van der Waals surface area (Å²) >= 11 is 3.33. The van der Waals surface area contributed by atoms with Gasteiger partial charge in [-0.25, -0.2) is 9.69 Å². The van der Waals surface area contributed by atoms with E-state index in [1.807, 2.05) is 25.2 Å². The Balaban J connectivity index is 1.73. The van der Waals surface area contributed by atoms with Crippen molar-refractivity contribution in [1.29, 1.82) is 0 Å². The largest absolute Gasteiger partial charge is 0.366 e. The maximum Gasteiger partial charge on any atom is 0.335 e. The smallest absolute Gasteiger partial charge is 0.335 e.